The van der Waals surface area contributed by atoms with Gasteiger partial charge in [0.2, 0.25) is 0 Å². The lowest BCUT2D eigenvalue weighted by Crippen LogP contribution is -2.15. The first-order chi connectivity index (χ1) is 9.79. The number of nitrogens with zero attached hydrogens (tertiary/aromatic N) is 1. The van der Waals surface area contributed by atoms with E-state index in [4.69, 9.17) is 17.3 Å². The van der Waals surface area contributed by atoms with Crippen molar-refractivity contribution >= 4 is 38.7 Å². The smallest absolute Gasteiger partial charge is 0.291 e. The third-order valence-corrected chi connectivity index (χ3v) is 4.21. The van der Waals surface area contributed by atoms with E-state index in [1.54, 1.807) is 12.1 Å². The summed E-state index contributed by atoms with van der Waals surface area (Å²) in [4.78, 5) is 9.69. The van der Waals surface area contributed by atoms with Crippen molar-refractivity contribution in [2.45, 2.75) is 4.90 Å². The van der Waals surface area contributed by atoms with Crippen LogP contribution in [-0.4, -0.2) is 13.3 Å². The number of nitrogen functional groups attached to an aromatic ring is 1. The molecule has 0 unspecified atom stereocenters. The molecular formula is C12H10ClN3O4S. The molecule has 0 saturated carbocycles. The van der Waals surface area contributed by atoms with Crippen LogP contribution in [-0.2, 0) is 10.0 Å². The van der Waals surface area contributed by atoms with Crippen LogP contribution < -0.4 is 10.5 Å². The molecule has 0 aliphatic carbocycles. The lowest BCUT2D eigenvalue weighted by atomic mass is 10.3. The Kier molecular flexibility index (Phi) is 4.01. The van der Waals surface area contributed by atoms with Crippen LogP contribution in [0.3, 0.4) is 0 Å². The predicted molar refractivity (Wildman–Crippen MR) is 79.8 cm³/mol. The molecule has 2 aromatic carbocycles. The minimum Gasteiger partial charge on any atom is -0.399 e. The van der Waals surface area contributed by atoms with Gasteiger partial charge in [-0.3, -0.25) is 14.8 Å². The quantitative estimate of drug-likeness (QED) is 0.508. The van der Waals surface area contributed by atoms with E-state index in [1.165, 1.54) is 18.2 Å². The summed E-state index contributed by atoms with van der Waals surface area (Å²) in [6, 6.07) is 9.35. The number of rotatable bonds is 4. The number of nitro benzene ring substituents is 1. The van der Waals surface area contributed by atoms with Crippen LogP contribution in [0.1, 0.15) is 0 Å². The Labute approximate surface area is 125 Å². The highest BCUT2D eigenvalue weighted by atomic mass is 35.5. The second-order valence-corrected chi connectivity index (χ2v) is 6.19. The van der Waals surface area contributed by atoms with Crippen molar-refractivity contribution in [3.05, 3.63) is 57.6 Å². The van der Waals surface area contributed by atoms with E-state index in [0.717, 1.165) is 12.1 Å². The second kappa shape index (κ2) is 5.58. The van der Waals surface area contributed by atoms with Crippen LogP contribution in [0.25, 0.3) is 0 Å². The molecule has 9 heteroatoms. The number of hydrogen-bond donors (Lipinski definition) is 2. The summed E-state index contributed by atoms with van der Waals surface area (Å²) in [6.45, 7) is 0. The molecule has 0 heterocycles. The normalized spacial score (nSPS) is 11.1. The lowest BCUT2D eigenvalue weighted by Gasteiger charge is -2.09. The van der Waals surface area contributed by atoms with E-state index < -0.39 is 25.5 Å². The van der Waals surface area contributed by atoms with Crippen LogP contribution in [0.4, 0.5) is 17.1 Å². The number of nitrogens with one attached hydrogen (secondary N) is 1. The number of nitro groups is 1. The molecule has 3 N–H and O–H groups in total. The van der Waals surface area contributed by atoms with Gasteiger partial charge in [0.05, 0.1) is 10.6 Å². The second-order valence-electron chi connectivity index (χ2n) is 4.10. The van der Waals surface area contributed by atoms with E-state index >= 15 is 0 Å². The van der Waals surface area contributed by atoms with Gasteiger partial charge in [-0.25, -0.2) is 8.42 Å². The summed E-state index contributed by atoms with van der Waals surface area (Å²) in [7, 11) is -4.13. The van der Waals surface area contributed by atoms with Crippen LogP contribution in [0.5, 0.6) is 0 Å². The zero-order chi connectivity index (χ0) is 15.6. The van der Waals surface area contributed by atoms with E-state index in [-0.39, 0.29) is 11.4 Å². The number of halogens is 1. The summed E-state index contributed by atoms with van der Waals surface area (Å²) in [5, 5.41) is 11.3. The van der Waals surface area contributed by atoms with Gasteiger partial charge in [-0.2, -0.15) is 0 Å². The standard InChI is InChI=1S/C12H10ClN3O4S/c13-8-2-1-3-10(6-8)15-21(19,20)12-5-4-9(14)7-11(12)16(17)18/h1-7,15H,14H2. The molecule has 0 fully saturated rings. The van der Waals surface area contributed by atoms with Crippen molar-refractivity contribution in [2.75, 3.05) is 10.5 Å². The molecule has 2 aromatic rings. The summed E-state index contributed by atoms with van der Waals surface area (Å²) < 4.78 is 26.7. The molecule has 110 valence electrons. The fourth-order valence-electron chi connectivity index (χ4n) is 1.67. The molecule has 0 atom stereocenters. The molecule has 0 aliphatic rings. The molecule has 0 radical (unpaired) electrons. The van der Waals surface area contributed by atoms with E-state index in [2.05, 4.69) is 4.72 Å². The number of hydrogen-bond acceptors (Lipinski definition) is 5. The van der Waals surface area contributed by atoms with Crippen molar-refractivity contribution in [3.8, 4) is 0 Å². The maximum absolute atomic E-state index is 12.2. The monoisotopic (exact) mass is 327 g/mol. The van der Waals surface area contributed by atoms with Gasteiger partial charge in [0, 0.05) is 16.8 Å². The molecule has 0 bridgehead atoms. The molecule has 0 aliphatic heterocycles. The average molecular weight is 328 g/mol. The molecule has 0 spiro atoms. The molecule has 21 heavy (non-hydrogen) atoms. The number of benzene rings is 2. The van der Waals surface area contributed by atoms with Gasteiger partial charge in [0.1, 0.15) is 0 Å². The Morgan fingerprint density at radius 3 is 2.52 bits per heavy atom. The van der Waals surface area contributed by atoms with Crippen molar-refractivity contribution in [1.82, 2.24) is 0 Å². The SMILES string of the molecule is Nc1ccc(S(=O)(=O)Nc2cccc(Cl)c2)c([N+](=O)[O-])c1. The molecule has 7 nitrogen and oxygen atoms in total. The van der Waals surface area contributed by atoms with Gasteiger partial charge in [0.25, 0.3) is 15.7 Å². The maximum atomic E-state index is 12.2. The van der Waals surface area contributed by atoms with Gasteiger partial charge in [-0.05, 0) is 30.3 Å². The van der Waals surface area contributed by atoms with Gasteiger partial charge in [0.15, 0.2) is 4.90 Å². The van der Waals surface area contributed by atoms with Gasteiger partial charge in [-0.15, -0.1) is 0 Å². The highest BCUT2D eigenvalue weighted by Crippen LogP contribution is 2.28. The van der Waals surface area contributed by atoms with Crippen molar-refractivity contribution in [3.63, 3.8) is 0 Å². The third-order valence-electron chi connectivity index (χ3n) is 2.55. The summed E-state index contributed by atoms with van der Waals surface area (Å²) in [5.41, 5.74) is 5.15. The first kappa shape index (κ1) is 15.1. The highest BCUT2D eigenvalue weighted by Gasteiger charge is 2.26. The molecule has 0 amide bonds. The number of anilines is 2. The van der Waals surface area contributed by atoms with E-state index in [1.807, 2.05) is 0 Å². The molecular weight excluding hydrogens is 318 g/mol. The Balaban J connectivity index is 2.47. The molecule has 0 aromatic heterocycles. The van der Waals surface area contributed by atoms with Crippen LogP contribution in [0.2, 0.25) is 5.02 Å². The van der Waals surface area contributed by atoms with Crippen molar-refractivity contribution in [2.24, 2.45) is 0 Å². The minimum atomic E-state index is -4.13. The summed E-state index contributed by atoms with van der Waals surface area (Å²) in [6.07, 6.45) is 0. The Bertz CT molecular complexity index is 808. The average Bonchev–Trinajstić information content (AvgIpc) is 2.37. The topological polar surface area (TPSA) is 115 Å². The fraction of sp³-hybridized carbons (Fsp3) is 0. The molecule has 2 rings (SSSR count). The number of sulfonamides is 1. The summed E-state index contributed by atoms with van der Waals surface area (Å²) in [5.74, 6) is 0. The number of nitrogens with two attached hydrogens (primary N) is 1. The van der Waals surface area contributed by atoms with E-state index in [0.29, 0.717) is 5.02 Å². The maximum Gasteiger partial charge on any atom is 0.291 e. The van der Waals surface area contributed by atoms with Gasteiger partial charge < -0.3 is 5.73 Å². The predicted octanol–water partition coefficient (Wildman–Crippen LogP) is 2.63. The van der Waals surface area contributed by atoms with Crippen LogP contribution in [0, 0.1) is 10.1 Å². The Morgan fingerprint density at radius 2 is 1.90 bits per heavy atom. The minimum absolute atomic E-state index is 0.100. The Morgan fingerprint density at radius 1 is 1.19 bits per heavy atom. The van der Waals surface area contributed by atoms with Gasteiger partial charge >= 0.3 is 0 Å². The fourth-order valence-corrected chi connectivity index (χ4v) is 3.06. The first-order valence-corrected chi connectivity index (χ1v) is 7.48. The Hall–Kier alpha value is -2.32. The van der Waals surface area contributed by atoms with Gasteiger partial charge in [-0.1, -0.05) is 17.7 Å². The third kappa shape index (κ3) is 3.41. The lowest BCUT2D eigenvalue weighted by molar-refractivity contribution is -0.387. The largest absolute Gasteiger partial charge is 0.399 e. The zero-order valence-electron chi connectivity index (χ0n) is 10.5. The highest BCUT2D eigenvalue weighted by molar-refractivity contribution is 7.92. The van der Waals surface area contributed by atoms with Crippen molar-refractivity contribution in [1.29, 1.82) is 0 Å². The summed E-state index contributed by atoms with van der Waals surface area (Å²) >= 11 is 5.76. The van der Waals surface area contributed by atoms with Crippen LogP contribution in [0.15, 0.2) is 47.4 Å². The van der Waals surface area contributed by atoms with Crippen LogP contribution >= 0.6 is 11.6 Å². The first-order valence-electron chi connectivity index (χ1n) is 5.62. The van der Waals surface area contributed by atoms with Crippen molar-refractivity contribution < 1.29 is 13.3 Å². The zero-order valence-corrected chi connectivity index (χ0v) is 12.1. The van der Waals surface area contributed by atoms with E-state index in [9.17, 15) is 18.5 Å². The molecule has 0 saturated heterocycles.